The molecule has 1 aromatic heterocycles. The average molecular weight is 140 g/mol. The van der Waals surface area contributed by atoms with E-state index in [-0.39, 0.29) is 0 Å². The summed E-state index contributed by atoms with van der Waals surface area (Å²) in [6, 6.07) is 0. The summed E-state index contributed by atoms with van der Waals surface area (Å²) >= 11 is 0. The van der Waals surface area contributed by atoms with E-state index in [0.717, 1.165) is 25.3 Å². The molecule has 0 unspecified atom stereocenters. The van der Waals surface area contributed by atoms with E-state index in [1.54, 1.807) is 0 Å². The maximum Gasteiger partial charge on any atom is 0.137 e. The summed E-state index contributed by atoms with van der Waals surface area (Å²) in [5.74, 6) is 0.945. The van der Waals surface area contributed by atoms with Crippen molar-refractivity contribution in [2.45, 2.75) is 13.3 Å². The number of aromatic nitrogens is 3. The second-order valence-electron chi connectivity index (χ2n) is 2.04. The number of aromatic amines is 1. The van der Waals surface area contributed by atoms with Crippen molar-refractivity contribution in [2.24, 2.45) is 0 Å². The third-order valence-corrected chi connectivity index (χ3v) is 1.25. The molecule has 4 nitrogen and oxygen atoms in total. The van der Waals surface area contributed by atoms with Crippen LogP contribution in [0, 0.1) is 0 Å². The quantitative estimate of drug-likeness (QED) is 0.577. The Morgan fingerprint density at radius 1 is 1.70 bits per heavy atom. The molecular weight excluding hydrogens is 128 g/mol. The highest BCUT2D eigenvalue weighted by Crippen LogP contribution is 1.84. The number of nitrogens with one attached hydrogen (secondary N) is 2. The molecule has 0 aliphatic heterocycles. The molecule has 0 aromatic carbocycles. The zero-order chi connectivity index (χ0) is 7.23. The first-order chi connectivity index (χ1) is 4.93. The van der Waals surface area contributed by atoms with Gasteiger partial charge in [0.1, 0.15) is 12.2 Å². The van der Waals surface area contributed by atoms with Crippen LogP contribution in [0.1, 0.15) is 12.7 Å². The molecule has 0 spiro atoms. The van der Waals surface area contributed by atoms with Crippen LogP contribution in [-0.2, 0) is 6.42 Å². The van der Waals surface area contributed by atoms with Crippen LogP contribution >= 0.6 is 0 Å². The number of hydrogen-bond acceptors (Lipinski definition) is 3. The summed E-state index contributed by atoms with van der Waals surface area (Å²) in [5, 5.41) is 9.73. The highest BCUT2D eigenvalue weighted by molar-refractivity contribution is 4.80. The molecule has 1 aromatic rings. The SMILES string of the molecule is CCNCCc1ncn[nH]1. The molecule has 1 rings (SSSR count). The summed E-state index contributed by atoms with van der Waals surface area (Å²) in [4.78, 5) is 3.98. The van der Waals surface area contributed by atoms with Crippen molar-refractivity contribution >= 4 is 0 Å². The number of H-pyrrole nitrogens is 1. The summed E-state index contributed by atoms with van der Waals surface area (Å²) < 4.78 is 0. The predicted molar refractivity (Wildman–Crippen MR) is 38.6 cm³/mol. The first-order valence-corrected chi connectivity index (χ1v) is 3.48. The molecule has 4 heteroatoms. The van der Waals surface area contributed by atoms with Gasteiger partial charge in [0.05, 0.1) is 0 Å². The molecule has 0 aliphatic carbocycles. The maximum atomic E-state index is 3.98. The van der Waals surface area contributed by atoms with Crippen LogP contribution in [0.4, 0.5) is 0 Å². The summed E-state index contributed by atoms with van der Waals surface area (Å²) in [6.07, 6.45) is 2.45. The zero-order valence-corrected chi connectivity index (χ0v) is 6.09. The number of likely N-dealkylation sites (N-methyl/N-ethyl adjacent to an activating group) is 1. The molecular formula is C6H12N4. The van der Waals surface area contributed by atoms with Gasteiger partial charge in [-0.25, -0.2) is 4.98 Å². The van der Waals surface area contributed by atoms with Gasteiger partial charge in [0, 0.05) is 13.0 Å². The minimum Gasteiger partial charge on any atom is -0.317 e. The van der Waals surface area contributed by atoms with Gasteiger partial charge in [-0.2, -0.15) is 5.10 Å². The molecule has 0 saturated carbocycles. The Morgan fingerprint density at radius 3 is 3.20 bits per heavy atom. The van der Waals surface area contributed by atoms with Gasteiger partial charge in [0.25, 0.3) is 0 Å². The number of nitrogens with zero attached hydrogens (tertiary/aromatic N) is 2. The van der Waals surface area contributed by atoms with Crippen molar-refractivity contribution in [1.29, 1.82) is 0 Å². The molecule has 0 atom stereocenters. The van der Waals surface area contributed by atoms with Crippen LogP contribution < -0.4 is 5.32 Å². The molecule has 1 heterocycles. The summed E-state index contributed by atoms with van der Waals surface area (Å²) in [5.41, 5.74) is 0. The largest absolute Gasteiger partial charge is 0.317 e. The highest BCUT2D eigenvalue weighted by atomic mass is 15.2. The van der Waals surface area contributed by atoms with Gasteiger partial charge in [0.15, 0.2) is 0 Å². The van der Waals surface area contributed by atoms with Crippen molar-refractivity contribution in [3.63, 3.8) is 0 Å². The molecule has 0 aliphatic rings. The van der Waals surface area contributed by atoms with Crippen molar-refractivity contribution < 1.29 is 0 Å². The third-order valence-electron chi connectivity index (χ3n) is 1.25. The van der Waals surface area contributed by atoms with E-state index < -0.39 is 0 Å². The Balaban J connectivity index is 2.15. The lowest BCUT2D eigenvalue weighted by Gasteiger charge is -1.96. The van der Waals surface area contributed by atoms with E-state index in [4.69, 9.17) is 0 Å². The topological polar surface area (TPSA) is 53.6 Å². The standard InChI is InChI=1S/C6H12N4/c1-2-7-4-3-6-8-5-9-10-6/h5,7H,2-4H2,1H3,(H,8,9,10). The van der Waals surface area contributed by atoms with Crippen molar-refractivity contribution in [3.05, 3.63) is 12.2 Å². The Morgan fingerprint density at radius 2 is 2.60 bits per heavy atom. The van der Waals surface area contributed by atoms with Gasteiger partial charge in [-0.05, 0) is 6.54 Å². The zero-order valence-electron chi connectivity index (χ0n) is 6.09. The molecule has 2 N–H and O–H groups in total. The van der Waals surface area contributed by atoms with Crippen LogP contribution in [0.15, 0.2) is 6.33 Å². The molecule has 0 radical (unpaired) electrons. The average Bonchev–Trinajstić information content (AvgIpc) is 2.41. The van der Waals surface area contributed by atoms with Gasteiger partial charge < -0.3 is 5.32 Å². The van der Waals surface area contributed by atoms with Crippen LogP contribution in [0.2, 0.25) is 0 Å². The third kappa shape index (κ3) is 2.14. The Labute approximate surface area is 60.1 Å². The smallest absolute Gasteiger partial charge is 0.137 e. The summed E-state index contributed by atoms with van der Waals surface area (Å²) in [6.45, 7) is 4.06. The van der Waals surface area contributed by atoms with E-state index >= 15 is 0 Å². The fourth-order valence-corrected chi connectivity index (χ4v) is 0.735. The minimum atomic E-state index is 0.924. The van der Waals surface area contributed by atoms with E-state index in [2.05, 4.69) is 27.4 Å². The monoisotopic (exact) mass is 140 g/mol. The van der Waals surface area contributed by atoms with Crippen molar-refractivity contribution in [2.75, 3.05) is 13.1 Å². The van der Waals surface area contributed by atoms with Gasteiger partial charge in [-0.15, -0.1) is 0 Å². The van der Waals surface area contributed by atoms with E-state index in [1.807, 2.05) is 0 Å². The van der Waals surface area contributed by atoms with Crippen LogP contribution in [0.3, 0.4) is 0 Å². The highest BCUT2D eigenvalue weighted by Gasteiger charge is 1.91. The van der Waals surface area contributed by atoms with E-state index in [1.165, 1.54) is 6.33 Å². The number of hydrogen-bond donors (Lipinski definition) is 2. The fraction of sp³-hybridized carbons (Fsp3) is 0.667. The molecule has 0 fully saturated rings. The van der Waals surface area contributed by atoms with E-state index in [9.17, 15) is 0 Å². The van der Waals surface area contributed by atoms with Crippen molar-refractivity contribution in [3.8, 4) is 0 Å². The molecule has 0 saturated heterocycles. The maximum absolute atomic E-state index is 3.98. The second-order valence-corrected chi connectivity index (χ2v) is 2.04. The molecule has 0 bridgehead atoms. The van der Waals surface area contributed by atoms with Crippen molar-refractivity contribution in [1.82, 2.24) is 20.5 Å². The lowest BCUT2D eigenvalue weighted by atomic mass is 10.4. The minimum absolute atomic E-state index is 0.924. The first-order valence-electron chi connectivity index (χ1n) is 3.48. The fourth-order valence-electron chi connectivity index (χ4n) is 0.735. The van der Waals surface area contributed by atoms with Gasteiger partial charge in [-0.3, -0.25) is 5.10 Å². The predicted octanol–water partition coefficient (Wildman–Crippen LogP) is -0.0433. The Hall–Kier alpha value is -0.900. The number of rotatable bonds is 4. The van der Waals surface area contributed by atoms with Gasteiger partial charge in [-0.1, -0.05) is 6.92 Å². The van der Waals surface area contributed by atoms with Crippen LogP contribution in [0.5, 0.6) is 0 Å². The molecule has 56 valence electrons. The lowest BCUT2D eigenvalue weighted by molar-refractivity contribution is 0.698. The van der Waals surface area contributed by atoms with Crippen LogP contribution in [-0.4, -0.2) is 28.3 Å². The second kappa shape index (κ2) is 4.00. The Kier molecular flexibility index (Phi) is 2.89. The van der Waals surface area contributed by atoms with Gasteiger partial charge in [0.2, 0.25) is 0 Å². The normalized spacial score (nSPS) is 10.1. The summed E-state index contributed by atoms with van der Waals surface area (Å²) in [7, 11) is 0. The molecule has 0 amide bonds. The molecule has 10 heavy (non-hydrogen) atoms. The van der Waals surface area contributed by atoms with E-state index in [0.29, 0.717) is 0 Å². The first kappa shape index (κ1) is 7.21. The van der Waals surface area contributed by atoms with Crippen LogP contribution in [0.25, 0.3) is 0 Å². The lowest BCUT2D eigenvalue weighted by Crippen LogP contribution is -2.16. The van der Waals surface area contributed by atoms with Gasteiger partial charge >= 0.3 is 0 Å². The Bertz CT molecular complexity index is 158.